The molecule has 0 spiro atoms. The van der Waals surface area contributed by atoms with Crippen molar-refractivity contribution in [1.29, 1.82) is 0 Å². The minimum atomic E-state index is -4.46. The van der Waals surface area contributed by atoms with E-state index in [-0.39, 0.29) is 17.9 Å². The average molecular weight is 327 g/mol. The Balaban J connectivity index is 2.24. The lowest BCUT2D eigenvalue weighted by atomic mass is 10.1. The van der Waals surface area contributed by atoms with Gasteiger partial charge in [-0.25, -0.2) is 4.68 Å². The normalized spacial score (nSPS) is 12.3. The van der Waals surface area contributed by atoms with Crippen LogP contribution in [-0.2, 0) is 6.18 Å². The van der Waals surface area contributed by atoms with Crippen molar-refractivity contribution in [2.75, 3.05) is 6.54 Å². The van der Waals surface area contributed by atoms with E-state index in [2.05, 4.69) is 15.6 Å². The third kappa shape index (κ3) is 4.07. The van der Waals surface area contributed by atoms with Crippen molar-refractivity contribution in [3.05, 3.63) is 41.7 Å². The summed E-state index contributed by atoms with van der Waals surface area (Å²) in [6.45, 7) is 3.70. The first-order chi connectivity index (χ1) is 10.6. The van der Waals surface area contributed by atoms with Gasteiger partial charge in [-0.1, -0.05) is 11.3 Å². The van der Waals surface area contributed by atoms with Crippen LogP contribution in [0.5, 0.6) is 0 Å². The Morgan fingerprint density at radius 2 is 2.04 bits per heavy atom. The average Bonchev–Trinajstić information content (AvgIpc) is 2.96. The molecule has 0 aliphatic rings. The third-order valence-corrected chi connectivity index (χ3v) is 3.13. The zero-order valence-corrected chi connectivity index (χ0v) is 12.6. The molecule has 0 saturated heterocycles. The molecule has 6 nitrogen and oxygen atoms in total. The molecule has 9 heteroatoms. The van der Waals surface area contributed by atoms with Gasteiger partial charge in [-0.3, -0.25) is 4.79 Å². The zero-order chi connectivity index (χ0) is 17.3. The SMILES string of the molecule is CC(C)(CN)NC(=O)c1cn(-c2cccc(C(F)(F)F)c2)nn1. The predicted molar refractivity (Wildman–Crippen MR) is 77.0 cm³/mol. The Morgan fingerprint density at radius 3 is 2.65 bits per heavy atom. The highest BCUT2D eigenvalue weighted by Crippen LogP contribution is 2.30. The van der Waals surface area contributed by atoms with Crippen LogP contribution in [-0.4, -0.2) is 33.0 Å². The Kier molecular flexibility index (Phi) is 4.42. The van der Waals surface area contributed by atoms with Gasteiger partial charge in [-0.05, 0) is 32.0 Å². The van der Waals surface area contributed by atoms with Crippen LogP contribution in [0.4, 0.5) is 13.2 Å². The number of aromatic nitrogens is 3. The van der Waals surface area contributed by atoms with E-state index in [1.807, 2.05) is 0 Å². The summed E-state index contributed by atoms with van der Waals surface area (Å²) in [4.78, 5) is 12.0. The highest BCUT2D eigenvalue weighted by atomic mass is 19.4. The first kappa shape index (κ1) is 16.9. The number of nitrogens with zero attached hydrogens (tertiary/aromatic N) is 3. The largest absolute Gasteiger partial charge is 0.416 e. The summed E-state index contributed by atoms with van der Waals surface area (Å²) >= 11 is 0. The number of nitrogens with two attached hydrogens (primary N) is 1. The van der Waals surface area contributed by atoms with E-state index in [0.717, 1.165) is 16.8 Å². The van der Waals surface area contributed by atoms with E-state index in [1.165, 1.54) is 18.3 Å². The molecule has 23 heavy (non-hydrogen) atoms. The number of benzene rings is 1. The summed E-state index contributed by atoms with van der Waals surface area (Å²) in [6, 6.07) is 4.59. The van der Waals surface area contributed by atoms with Gasteiger partial charge in [0.15, 0.2) is 5.69 Å². The van der Waals surface area contributed by atoms with Gasteiger partial charge < -0.3 is 11.1 Å². The molecule has 1 heterocycles. The lowest BCUT2D eigenvalue weighted by molar-refractivity contribution is -0.137. The first-order valence-corrected chi connectivity index (χ1v) is 6.75. The maximum absolute atomic E-state index is 12.7. The number of carbonyl (C=O) groups is 1. The molecule has 0 radical (unpaired) electrons. The van der Waals surface area contributed by atoms with Gasteiger partial charge in [0.2, 0.25) is 0 Å². The minimum Gasteiger partial charge on any atom is -0.344 e. The molecule has 2 rings (SSSR count). The van der Waals surface area contributed by atoms with Gasteiger partial charge in [0.1, 0.15) is 0 Å². The van der Waals surface area contributed by atoms with Crippen molar-refractivity contribution in [2.24, 2.45) is 5.73 Å². The van der Waals surface area contributed by atoms with Crippen LogP contribution in [0.25, 0.3) is 5.69 Å². The molecule has 1 amide bonds. The molecule has 0 saturated carbocycles. The van der Waals surface area contributed by atoms with Crippen molar-refractivity contribution >= 4 is 5.91 Å². The van der Waals surface area contributed by atoms with E-state index >= 15 is 0 Å². The number of hydrogen-bond acceptors (Lipinski definition) is 4. The molecular formula is C14H16F3N5O. The summed E-state index contributed by atoms with van der Waals surface area (Å²) in [6.07, 6.45) is -3.20. The molecule has 0 unspecified atom stereocenters. The fourth-order valence-electron chi connectivity index (χ4n) is 1.74. The molecular weight excluding hydrogens is 311 g/mol. The van der Waals surface area contributed by atoms with E-state index in [0.29, 0.717) is 0 Å². The van der Waals surface area contributed by atoms with Crippen LogP contribution >= 0.6 is 0 Å². The van der Waals surface area contributed by atoms with Crippen molar-refractivity contribution in [1.82, 2.24) is 20.3 Å². The molecule has 0 fully saturated rings. The lowest BCUT2D eigenvalue weighted by Gasteiger charge is -2.23. The van der Waals surface area contributed by atoms with Gasteiger partial charge in [0, 0.05) is 12.1 Å². The molecule has 0 aliphatic carbocycles. The summed E-state index contributed by atoms with van der Waals surface area (Å²) in [5.41, 5.74) is 4.24. The molecule has 2 aromatic rings. The maximum atomic E-state index is 12.7. The number of halogens is 3. The van der Waals surface area contributed by atoms with Crippen molar-refractivity contribution in [3.63, 3.8) is 0 Å². The molecule has 3 N–H and O–H groups in total. The standard InChI is InChI=1S/C14H16F3N5O/c1-13(2,8-18)19-12(23)11-7-22(21-20-11)10-5-3-4-9(6-10)14(15,16)17/h3-7H,8,18H2,1-2H3,(H,19,23). The predicted octanol–water partition coefficient (Wildman–Crippen LogP) is 1.75. The van der Waals surface area contributed by atoms with Crippen molar-refractivity contribution < 1.29 is 18.0 Å². The number of alkyl halides is 3. The second-order valence-corrected chi connectivity index (χ2v) is 5.64. The van der Waals surface area contributed by atoms with Crippen molar-refractivity contribution in [2.45, 2.75) is 25.6 Å². The summed E-state index contributed by atoms with van der Waals surface area (Å²) < 4.78 is 39.3. The number of amides is 1. The quantitative estimate of drug-likeness (QED) is 0.896. The van der Waals surface area contributed by atoms with Crippen LogP contribution in [0.2, 0.25) is 0 Å². The molecule has 1 aromatic heterocycles. The Hall–Kier alpha value is -2.42. The molecule has 0 aliphatic heterocycles. The minimum absolute atomic E-state index is 0.0102. The second kappa shape index (κ2) is 5.99. The number of carbonyl (C=O) groups excluding carboxylic acids is 1. The van der Waals surface area contributed by atoms with Crippen LogP contribution in [0, 0.1) is 0 Å². The fourth-order valence-corrected chi connectivity index (χ4v) is 1.74. The Bertz CT molecular complexity index is 708. The van der Waals surface area contributed by atoms with Gasteiger partial charge in [-0.15, -0.1) is 5.10 Å². The Morgan fingerprint density at radius 1 is 1.35 bits per heavy atom. The molecule has 0 atom stereocenters. The topological polar surface area (TPSA) is 85.8 Å². The maximum Gasteiger partial charge on any atom is 0.416 e. The van der Waals surface area contributed by atoms with E-state index in [1.54, 1.807) is 13.8 Å². The smallest absolute Gasteiger partial charge is 0.344 e. The molecule has 0 bridgehead atoms. The van der Waals surface area contributed by atoms with E-state index in [4.69, 9.17) is 5.73 Å². The lowest BCUT2D eigenvalue weighted by Crippen LogP contribution is -2.48. The van der Waals surface area contributed by atoms with Gasteiger partial charge >= 0.3 is 6.18 Å². The molecule has 124 valence electrons. The highest BCUT2D eigenvalue weighted by Gasteiger charge is 2.30. The third-order valence-electron chi connectivity index (χ3n) is 3.13. The van der Waals surface area contributed by atoms with Crippen LogP contribution < -0.4 is 11.1 Å². The Labute approximate surface area is 130 Å². The van der Waals surface area contributed by atoms with Crippen LogP contribution in [0.15, 0.2) is 30.5 Å². The first-order valence-electron chi connectivity index (χ1n) is 6.75. The van der Waals surface area contributed by atoms with Crippen molar-refractivity contribution in [3.8, 4) is 5.69 Å². The van der Waals surface area contributed by atoms with E-state index in [9.17, 15) is 18.0 Å². The summed E-state index contributed by atoms with van der Waals surface area (Å²) in [5.74, 6) is -0.501. The van der Waals surface area contributed by atoms with Gasteiger partial charge in [-0.2, -0.15) is 13.2 Å². The molecule has 1 aromatic carbocycles. The number of nitrogens with one attached hydrogen (secondary N) is 1. The fraction of sp³-hybridized carbons (Fsp3) is 0.357. The monoisotopic (exact) mass is 327 g/mol. The number of rotatable bonds is 4. The van der Waals surface area contributed by atoms with Gasteiger partial charge in [0.05, 0.1) is 17.4 Å². The highest BCUT2D eigenvalue weighted by molar-refractivity contribution is 5.92. The van der Waals surface area contributed by atoms with E-state index < -0.39 is 23.2 Å². The van der Waals surface area contributed by atoms with Gasteiger partial charge in [0.25, 0.3) is 5.91 Å². The summed E-state index contributed by atoms with van der Waals surface area (Å²) in [7, 11) is 0. The summed E-state index contributed by atoms with van der Waals surface area (Å²) in [5, 5.41) is 10.0. The second-order valence-electron chi connectivity index (χ2n) is 5.64. The number of hydrogen-bond donors (Lipinski definition) is 2. The zero-order valence-electron chi connectivity index (χ0n) is 12.6. The van der Waals surface area contributed by atoms with Crippen LogP contribution in [0.1, 0.15) is 29.9 Å². The van der Waals surface area contributed by atoms with Crippen LogP contribution in [0.3, 0.4) is 0 Å².